The predicted molar refractivity (Wildman–Crippen MR) is 106 cm³/mol. The molecule has 0 aliphatic heterocycles. The first-order valence-electron chi connectivity index (χ1n) is 8.83. The van der Waals surface area contributed by atoms with E-state index in [4.69, 9.17) is 0 Å². The van der Waals surface area contributed by atoms with Gasteiger partial charge in [0.05, 0.1) is 16.8 Å². The molecule has 3 aromatic rings. The van der Waals surface area contributed by atoms with Crippen LogP contribution in [0.3, 0.4) is 0 Å². The van der Waals surface area contributed by atoms with E-state index in [0.717, 1.165) is 0 Å². The van der Waals surface area contributed by atoms with Gasteiger partial charge in [0, 0.05) is 31.0 Å². The molecule has 0 spiro atoms. The second-order valence-electron chi connectivity index (χ2n) is 5.92. The van der Waals surface area contributed by atoms with Gasteiger partial charge in [-0.05, 0) is 42.5 Å². The third-order valence-electron chi connectivity index (χ3n) is 4.20. The molecule has 0 saturated carbocycles. The number of amides is 1. The van der Waals surface area contributed by atoms with Crippen molar-refractivity contribution in [1.29, 1.82) is 0 Å². The van der Waals surface area contributed by atoms with Crippen LogP contribution in [0.4, 0.5) is 5.69 Å². The summed E-state index contributed by atoms with van der Waals surface area (Å²) in [6, 6.07) is 11.1. The minimum atomic E-state index is -3.55. The van der Waals surface area contributed by atoms with Crippen molar-refractivity contribution >= 4 is 21.6 Å². The van der Waals surface area contributed by atoms with E-state index in [0.29, 0.717) is 30.2 Å². The van der Waals surface area contributed by atoms with Gasteiger partial charge in [-0.3, -0.25) is 4.79 Å². The molecule has 146 valence electrons. The Morgan fingerprint density at radius 1 is 1.11 bits per heavy atom. The maximum absolute atomic E-state index is 12.5. The lowest BCUT2D eigenvalue weighted by Crippen LogP contribution is -2.30. The number of hydrogen-bond acceptors (Lipinski definition) is 5. The molecule has 0 radical (unpaired) electrons. The molecule has 1 aromatic carbocycles. The Labute approximate surface area is 163 Å². The maximum atomic E-state index is 12.5. The van der Waals surface area contributed by atoms with Crippen molar-refractivity contribution in [1.82, 2.24) is 19.1 Å². The predicted octanol–water partition coefficient (Wildman–Crippen LogP) is 2.55. The Hall–Kier alpha value is -3.04. The van der Waals surface area contributed by atoms with Crippen LogP contribution in [0.25, 0.3) is 5.82 Å². The quantitative estimate of drug-likeness (QED) is 0.658. The van der Waals surface area contributed by atoms with Crippen LogP contribution in [0, 0.1) is 0 Å². The van der Waals surface area contributed by atoms with Gasteiger partial charge in [0.1, 0.15) is 0 Å². The zero-order valence-electron chi connectivity index (χ0n) is 15.6. The Balaban J connectivity index is 1.71. The lowest BCUT2D eigenvalue weighted by molar-refractivity contribution is 0.102. The first-order valence-corrected chi connectivity index (χ1v) is 10.3. The van der Waals surface area contributed by atoms with Crippen molar-refractivity contribution in [2.45, 2.75) is 18.7 Å². The molecule has 0 saturated heterocycles. The summed E-state index contributed by atoms with van der Waals surface area (Å²) in [5.74, 6) is 0.286. The number of rotatable bonds is 7. The van der Waals surface area contributed by atoms with Crippen molar-refractivity contribution in [3.63, 3.8) is 0 Å². The van der Waals surface area contributed by atoms with Gasteiger partial charge >= 0.3 is 0 Å². The molecule has 0 atom stereocenters. The molecule has 0 unspecified atom stereocenters. The van der Waals surface area contributed by atoms with Crippen LogP contribution in [0.2, 0.25) is 0 Å². The number of pyridine rings is 1. The first-order chi connectivity index (χ1) is 13.5. The molecule has 1 N–H and O–H groups in total. The van der Waals surface area contributed by atoms with E-state index in [2.05, 4.69) is 15.4 Å². The average Bonchev–Trinajstić information content (AvgIpc) is 3.24. The fraction of sp³-hybridized carbons (Fsp3) is 0.211. The average molecular weight is 399 g/mol. The zero-order valence-corrected chi connectivity index (χ0v) is 16.4. The van der Waals surface area contributed by atoms with Crippen LogP contribution in [-0.2, 0) is 10.0 Å². The molecule has 0 aliphatic rings. The fourth-order valence-corrected chi connectivity index (χ4v) is 4.15. The number of nitrogens with one attached hydrogen (secondary N) is 1. The summed E-state index contributed by atoms with van der Waals surface area (Å²) in [6.45, 7) is 4.36. The third-order valence-corrected chi connectivity index (χ3v) is 6.27. The number of nitrogens with zero attached hydrogens (tertiary/aromatic N) is 4. The lowest BCUT2D eigenvalue weighted by Gasteiger charge is -2.18. The highest BCUT2D eigenvalue weighted by atomic mass is 32.2. The number of sulfonamides is 1. The van der Waals surface area contributed by atoms with Gasteiger partial charge in [0.25, 0.3) is 5.91 Å². The molecule has 0 aliphatic carbocycles. The number of benzene rings is 1. The first kappa shape index (κ1) is 19.7. The normalized spacial score (nSPS) is 11.5. The second-order valence-corrected chi connectivity index (χ2v) is 7.86. The SMILES string of the molecule is CCN(CC)S(=O)(=O)c1ccc(C(=O)Nc2ccc(-n3cccn3)nc2)cc1. The number of hydrogen-bond donors (Lipinski definition) is 1. The molecule has 0 bridgehead atoms. The Morgan fingerprint density at radius 3 is 2.36 bits per heavy atom. The van der Waals surface area contributed by atoms with E-state index >= 15 is 0 Å². The van der Waals surface area contributed by atoms with Gasteiger partial charge in [0.2, 0.25) is 10.0 Å². The van der Waals surface area contributed by atoms with Gasteiger partial charge in [-0.1, -0.05) is 13.8 Å². The second kappa shape index (κ2) is 8.32. The van der Waals surface area contributed by atoms with Crippen molar-refractivity contribution < 1.29 is 13.2 Å². The highest BCUT2D eigenvalue weighted by molar-refractivity contribution is 7.89. The van der Waals surface area contributed by atoms with Gasteiger partial charge < -0.3 is 5.32 Å². The minimum Gasteiger partial charge on any atom is -0.321 e. The number of carbonyl (C=O) groups is 1. The molecular weight excluding hydrogens is 378 g/mol. The van der Waals surface area contributed by atoms with Crippen molar-refractivity contribution in [2.24, 2.45) is 0 Å². The van der Waals surface area contributed by atoms with Crippen molar-refractivity contribution in [3.8, 4) is 5.82 Å². The smallest absolute Gasteiger partial charge is 0.255 e. The molecule has 2 heterocycles. The lowest BCUT2D eigenvalue weighted by atomic mass is 10.2. The Bertz CT molecular complexity index is 1030. The van der Waals surface area contributed by atoms with Crippen molar-refractivity contribution in [2.75, 3.05) is 18.4 Å². The number of aromatic nitrogens is 3. The Morgan fingerprint density at radius 2 is 1.82 bits per heavy atom. The third kappa shape index (κ3) is 4.10. The van der Waals surface area contributed by atoms with Crippen LogP contribution in [0.5, 0.6) is 0 Å². The summed E-state index contributed by atoms with van der Waals surface area (Å²) in [6.07, 6.45) is 4.96. The highest BCUT2D eigenvalue weighted by Crippen LogP contribution is 2.17. The largest absolute Gasteiger partial charge is 0.321 e. The van der Waals surface area contributed by atoms with Crippen molar-refractivity contribution in [3.05, 3.63) is 66.6 Å². The van der Waals surface area contributed by atoms with E-state index in [-0.39, 0.29) is 10.8 Å². The van der Waals surface area contributed by atoms with E-state index in [1.165, 1.54) is 34.8 Å². The molecule has 2 aromatic heterocycles. The van der Waals surface area contributed by atoms with Gasteiger partial charge in [-0.15, -0.1) is 0 Å². The van der Waals surface area contributed by atoms with E-state index in [1.54, 1.807) is 49.1 Å². The van der Waals surface area contributed by atoms with Crippen LogP contribution >= 0.6 is 0 Å². The van der Waals surface area contributed by atoms with Gasteiger partial charge in [-0.25, -0.2) is 18.1 Å². The van der Waals surface area contributed by atoms with Crippen LogP contribution < -0.4 is 5.32 Å². The summed E-state index contributed by atoms with van der Waals surface area (Å²) < 4.78 is 28.0. The molecule has 3 rings (SSSR count). The van der Waals surface area contributed by atoms with E-state index in [1.807, 2.05) is 0 Å². The summed E-state index contributed by atoms with van der Waals surface area (Å²) in [5.41, 5.74) is 0.885. The summed E-state index contributed by atoms with van der Waals surface area (Å²) in [5, 5.41) is 6.83. The Kier molecular flexibility index (Phi) is 5.86. The van der Waals surface area contributed by atoms with Crippen LogP contribution in [-0.4, -0.2) is 46.5 Å². The van der Waals surface area contributed by atoms with Gasteiger partial charge in [-0.2, -0.15) is 9.40 Å². The monoisotopic (exact) mass is 399 g/mol. The van der Waals surface area contributed by atoms with Crippen LogP contribution in [0.1, 0.15) is 24.2 Å². The zero-order chi connectivity index (χ0) is 20.1. The molecule has 28 heavy (non-hydrogen) atoms. The number of anilines is 1. The standard InChI is InChI=1S/C19H21N5O3S/c1-3-23(4-2)28(26,27)17-9-6-15(7-10-17)19(25)22-16-8-11-18(20-14-16)24-13-5-12-21-24/h5-14H,3-4H2,1-2H3,(H,22,25). The maximum Gasteiger partial charge on any atom is 0.255 e. The highest BCUT2D eigenvalue weighted by Gasteiger charge is 2.21. The summed E-state index contributed by atoms with van der Waals surface area (Å²) in [7, 11) is -3.55. The van der Waals surface area contributed by atoms with Gasteiger partial charge in [0.15, 0.2) is 5.82 Å². The number of carbonyl (C=O) groups excluding carboxylic acids is 1. The topological polar surface area (TPSA) is 97.2 Å². The van der Waals surface area contributed by atoms with E-state index in [9.17, 15) is 13.2 Å². The molecular formula is C19H21N5O3S. The van der Waals surface area contributed by atoms with E-state index < -0.39 is 10.0 Å². The minimum absolute atomic E-state index is 0.165. The molecule has 1 amide bonds. The summed E-state index contributed by atoms with van der Waals surface area (Å²) >= 11 is 0. The molecule has 9 heteroatoms. The van der Waals surface area contributed by atoms with Crippen LogP contribution in [0.15, 0.2) is 66.0 Å². The summed E-state index contributed by atoms with van der Waals surface area (Å²) in [4.78, 5) is 16.8. The molecule has 0 fully saturated rings. The fourth-order valence-electron chi connectivity index (χ4n) is 2.69. The molecule has 8 nitrogen and oxygen atoms in total.